The molecular formula is C17H24N2. The number of hydrogen-bond donors (Lipinski definition) is 1. The molecule has 0 radical (unpaired) electrons. The Hall–Kier alpha value is -1.18. The normalized spacial score (nSPS) is 33.1. The van der Waals surface area contributed by atoms with Crippen LogP contribution in [0.5, 0.6) is 0 Å². The molecule has 3 fully saturated rings. The number of anilines is 2. The van der Waals surface area contributed by atoms with Gasteiger partial charge in [-0.3, -0.25) is 0 Å². The van der Waals surface area contributed by atoms with Gasteiger partial charge in [-0.25, -0.2) is 0 Å². The Morgan fingerprint density at radius 1 is 0.947 bits per heavy atom. The maximum atomic E-state index is 3.77. The summed E-state index contributed by atoms with van der Waals surface area (Å²) < 4.78 is 0. The monoisotopic (exact) mass is 256 g/mol. The Kier molecular flexibility index (Phi) is 2.90. The Morgan fingerprint density at radius 3 is 2.37 bits per heavy atom. The molecule has 1 aromatic rings. The van der Waals surface area contributed by atoms with E-state index in [0.717, 1.165) is 17.9 Å². The van der Waals surface area contributed by atoms with Crippen LogP contribution in [0, 0.1) is 11.8 Å². The first-order chi connectivity index (χ1) is 9.38. The van der Waals surface area contributed by atoms with Gasteiger partial charge in [0.1, 0.15) is 0 Å². The zero-order valence-corrected chi connectivity index (χ0v) is 11.6. The van der Waals surface area contributed by atoms with Crippen molar-refractivity contribution in [3.05, 3.63) is 24.3 Å². The molecule has 1 saturated heterocycles. The highest BCUT2D eigenvalue weighted by Crippen LogP contribution is 2.45. The van der Waals surface area contributed by atoms with Gasteiger partial charge in [0.05, 0.1) is 0 Å². The fourth-order valence-electron chi connectivity index (χ4n) is 4.38. The second-order valence-electron chi connectivity index (χ2n) is 6.67. The Balaban J connectivity index is 1.41. The Labute approximate surface area is 116 Å². The quantitative estimate of drug-likeness (QED) is 0.882. The molecule has 2 nitrogen and oxygen atoms in total. The fourth-order valence-corrected chi connectivity index (χ4v) is 4.38. The van der Waals surface area contributed by atoms with Gasteiger partial charge in [-0.15, -0.1) is 0 Å². The van der Waals surface area contributed by atoms with E-state index in [2.05, 4.69) is 34.5 Å². The van der Waals surface area contributed by atoms with Gasteiger partial charge < -0.3 is 10.2 Å². The molecule has 1 N–H and O–H groups in total. The van der Waals surface area contributed by atoms with Gasteiger partial charge in [-0.2, -0.15) is 0 Å². The van der Waals surface area contributed by atoms with E-state index in [4.69, 9.17) is 0 Å². The summed E-state index contributed by atoms with van der Waals surface area (Å²) in [4.78, 5) is 2.50. The van der Waals surface area contributed by atoms with Gasteiger partial charge in [-0.05, 0) is 68.2 Å². The highest BCUT2D eigenvalue weighted by Gasteiger charge is 2.39. The molecule has 3 aliphatic rings. The average molecular weight is 256 g/mol. The second kappa shape index (κ2) is 4.73. The summed E-state index contributed by atoms with van der Waals surface area (Å²) in [5.74, 6) is 1.97. The summed E-state index contributed by atoms with van der Waals surface area (Å²) >= 11 is 0. The summed E-state index contributed by atoms with van der Waals surface area (Å²) in [6, 6.07) is 9.89. The van der Waals surface area contributed by atoms with Crippen LogP contribution in [0.15, 0.2) is 24.3 Å². The van der Waals surface area contributed by atoms with Crippen LogP contribution in [0.3, 0.4) is 0 Å². The van der Waals surface area contributed by atoms with E-state index in [9.17, 15) is 0 Å². The summed E-state index contributed by atoms with van der Waals surface area (Å²) in [6.07, 6.45) is 8.52. The number of fused-ring (bicyclic) bond motifs is 2. The first-order valence-corrected chi connectivity index (χ1v) is 8.00. The molecule has 3 unspecified atom stereocenters. The van der Waals surface area contributed by atoms with E-state index < -0.39 is 0 Å². The molecule has 0 spiro atoms. The standard InChI is InChI=1S/C17H24N2/c1-2-10-19(9-1)16-7-5-15(6-8-16)18-17-12-13-3-4-14(17)11-13/h5-8,13-14,17-18H,1-4,9-12H2. The molecule has 19 heavy (non-hydrogen) atoms. The van der Waals surface area contributed by atoms with Gasteiger partial charge in [0.2, 0.25) is 0 Å². The summed E-state index contributed by atoms with van der Waals surface area (Å²) in [5, 5.41) is 3.77. The van der Waals surface area contributed by atoms with Gasteiger partial charge in [0, 0.05) is 30.5 Å². The fraction of sp³-hybridized carbons (Fsp3) is 0.647. The maximum Gasteiger partial charge on any atom is 0.0367 e. The number of nitrogens with zero attached hydrogens (tertiary/aromatic N) is 1. The molecular weight excluding hydrogens is 232 g/mol. The second-order valence-corrected chi connectivity index (χ2v) is 6.67. The van der Waals surface area contributed by atoms with Crippen LogP contribution in [0.1, 0.15) is 38.5 Å². The lowest BCUT2D eigenvalue weighted by Crippen LogP contribution is -2.25. The lowest BCUT2D eigenvalue weighted by Gasteiger charge is -2.24. The minimum absolute atomic E-state index is 0.747. The molecule has 1 aromatic carbocycles. The third-order valence-electron chi connectivity index (χ3n) is 5.43. The number of nitrogens with one attached hydrogen (secondary N) is 1. The first kappa shape index (κ1) is 11.6. The van der Waals surface area contributed by atoms with Crippen LogP contribution in [-0.4, -0.2) is 19.1 Å². The van der Waals surface area contributed by atoms with E-state index in [-0.39, 0.29) is 0 Å². The van der Waals surface area contributed by atoms with E-state index in [1.54, 1.807) is 0 Å². The molecule has 2 saturated carbocycles. The molecule has 0 amide bonds. The molecule has 4 rings (SSSR count). The summed E-state index contributed by atoms with van der Waals surface area (Å²) in [7, 11) is 0. The molecule has 3 atom stereocenters. The van der Waals surface area contributed by atoms with E-state index >= 15 is 0 Å². The third kappa shape index (κ3) is 2.22. The predicted octanol–water partition coefficient (Wildman–Crippen LogP) is 3.89. The van der Waals surface area contributed by atoms with Crippen molar-refractivity contribution in [3.63, 3.8) is 0 Å². The number of rotatable bonds is 3. The first-order valence-electron chi connectivity index (χ1n) is 8.00. The van der Waals surface area contributed by atoms with Gasteiger partial charge in [0.25, 0.3) is 0 Å². The topological polar surface area (TPSA) is 15.3 Å². The van der Waals surface area contributed by atoms with Crippen molar-refractivity contribution >= 4 is 11.4 Å². The molecule has 102 valence electrons. The summed E-state index contributed by atoms with van der Waals surface area (Å²) in [5.41, 5.74) is 2.72. The SMILES string of the molecule is c1cc(N2CCCC2)ccc1NC1CC2CCC1C2. The minimum atomic E-state index is 0.747. The average Bonchev–Trinajstić information content (AvgIpc) is 3.17. The Morgan fingerprint density at radius 2 is 1.74 bits per heavy atom. The van der Waals surface area contributed by atoms with Gasteiger partial charge in [0.15, 0.2) is 0 Å². The minimum Gasteiger partial charge on any atom is -0.382 e. The molecule has 2 bridgehead atoms. The number of benzene rings is 1. The largest absolute Gasteiger partial charge is 0.382 e. The van der Waals surface area contributed by atoms with E-state index in [1.807, 2.05) is 0 Å². The maximum absolute atomic E-state index is 3.77. The predicted molar refractivity (Wildman–Crippen MR) is 80.7 cm³/mol. The third-order valence-corrected chi connectivity index (χ3v) is 5.43. The van der Waals surface area contributed by atoms with Crippen LogP contribution in [-0.2, 0) is 0 Å². The highest BCUT2D eigenvalue weighted by atomic mass is 15.1. The van der Waals surface area contributed by atoms with Crippen LogP contribution < -0.4 is 10.2 Å². The van der Waals surface area contributed by atoms with Crippen molar-refractivity contribution in [3.8, 4) is 0 Å². The van der Waals surface area contributed by atoms with Crippen molar-refractivity contribution in [2.75, 3.05) is 23.3 Å². The van der Waals surface area contributed by atoms with Gasteiger partial charge in [-0.1, -0.05) is 6.42 Å². The molecule has 0 aromatic heterocycles. The molecule has 1 heterocycles. The van der Waals surface area contributed by atoms with Gasteiger partial charge >= 0.3 is 0 Å². The lowest BCUT2D eigenvalue weighted by atomic mass is 9.95. The van der Waals surface area contributed by atoms with Crippen LogP contribution in [0.2, 0.25) is 0 Å². The zero-order chi connectivity index (χ0) is 12.7. The molecule has 2 aliphatic carbocycles. The zero-order valence-electron chi connectivity index (χ0n) is 11.6. The van der Waals surface area contributed by atoms with Crippen molar-refractivity contribution in [2.45, 2.75) is 44.6 Å². The van der Waals surface area contributed by atoms with Crippen LogP contribution >= 0.6 is 0 Å². The van der Waals surface area contributed by atoms with E-state index in [0.29, 0.717) is 0 Å². The van der Waals surface area contributed by atoms with Crippen molar-refractivity contribution in [1.29, 1.82) is 0 Å². The van der Waals surface area contributed by atoms with Crippen LogP contribution in [0.25, 0.3) is 0 Å². The number of hydrogen-bond acceptors (Lipinski definition) is 2. The molecule has 1 aliphatic heterocycles. The van der Waals surface area contributed by atoms with Crippen molar-refractivity contribution in [1.82, 2.24) is 0 Å². The van der Waals surface area contributed by atoms with Crippen LogP contribution in [0.4, 0.5) is 11.4 Å². The Bertz CT molecular complexity index is 433. The van der Waals surface area contributed by atoms with E-state index in [1.165, 1.54) is 63.0 Å². The lowest BCUT2D eigenvalue weighted by molar-refractivity contribution is 0.440. The highest BCUT2D eigenvalue weighted by molar-refractivity contribution is 5.56. The smallest absolute Gasteiger partial charge is 0.0367 e. The summed E-state index contributed by atoms with van der Waals surface area (Å²) in [6.45, 7) is 2.47. The van der Waals surface area contributed by atoms with Crippen molar-refractivity contribution < 1.29 is 0 Å². The molecule has 2 heteroatoms. The van der Waals surface area contributed by atoms with Crippen molar-refractivity contribution in [2.24, 2.45) is 11.8 Å².